The third kappa shape index (κ3) is 6.47. The van der Waals surface area contributed by atoms with E-state index in [9.17, 15) is 4.79 Å². The zero-order valence-electron chi connectivity index (χ0n) is 17.3. The number of anilines is 1. The predicted molar refractivity (Wildman–Crippen MR) is 125 cm³/mol. The van der Waals surface area contributed by atoms with Crippen molar-refractivity contribution in [1.82, 2.24) is 15.5 Å². The highest BCUT2D eigenvalue weighted by atomic mass is 32.2. The molecule has 2 N–H and O–H groups in total. The van der Waals surface area contributed by atoms with Crippen LogP contribution in [0.4, 0.5) is 5.13 Å². The van der Waals surface area contributed by atoms with Crippen LogP contribution in [0.25, 0.3) is 0 Å². The van der Waals surface area contributed by atoms with Gasteiger partial charge in [0.05, 0.1) is 26.0 Å². The zero-order valence-corrected chi connectivity index (χ0v) is 19.0. The number of benzene rings is 2. The quantitative estimate of drug-likeness (QED) is 0.331. The molecule has 1 aromatic heterocycles. The highest BCUT2D eigenvalue weighted by Crippen LogP contribution is 2.28. The lowest BCUT2D eigenvalue weighted by Gasteiger charge is -2.20. The lowest BCUT2D eigenvalue weighted by atomic mass is 9.98. The molecule has 1 amide bonds. The van der Waals surface area contributed by atoms with E-state index in [1.807, 2.05) is 48.5 Å². The van der Waals surface area contributed by atoms with Gasteiger partial charge < -0.3 is 20.1 Å². The van der Waals surface area contributed by atoms with Crippen molar-refractivity contribution in [2.24, 2.45) is 0 Å². The van der Waals surface area contributed by atoms with Crippen LogP contribution >= 0.6 is 23.1 Å². The summed E-state index contributed by atoms with van der Waals surface area (Å²) in [6, 6.07) is 15.0. The van der Waals surface area contributed by atoms with Crippen molar-refractivity contribution in [3.8, 4) is 11.5 Å². The van der Waals surface area contributed by atoms with Crippen LogP contribution in [0, 0.1) is 0 Å². The van der Waals surface area contributed by atoms with Gasteiger partial charge in [0.2, 0.25) is 11.0 Å². The van der Waals surface area contributed by atoms with E-state index in [2.05, 4.69) is 27.4 Å². The molecule has 0 unspecified atom stereocenters. The number of thioether (sulfide) groups is 1. The molecule has 0 fully saturated rings. The molecule has 162 valence electrons. The molecule has 1 heterocycles. The van der Waals surface area contributed by atoms with E-state index in [4.69, 9.17) is 9.47 Å². The molecule has 7 nitrogen and oxygen atoms in total. The minimum absolute atomic E-state index is 0.0996. The topological polar surface area (TPSA) is 85.4 Å². The number of carbonyl (C=O) groups is 1. The Labute approximate surface area is 189 Å². The third-order valence-corrected chi connectivity index (χ3v) is 6.35. The minimum atomic E-state index is -0.302. The molecule has 0 aliphatic heterocycles. The molecule has 31 heavy (non-hydrogen) atoms. The summed E-state index contributed by atoms with van der Waals surface area (Å²) in [5, 5.41) is 15.1. The van der Waals surface area contributed by atoms with E-state index in [-0.39, 0.29) is 17.7 Å². The molecule has 0 saturated carbocycles. The highest BCUT2D eigenvalue weighted by Gasteiger charge is 2.18. The van der Waals surface area contributed by atoms with Crippen LogP contribution in [0.1, 0.15) is 17.2 Å². The molecule has 3 rings (SSSR count). The number of ether oxygens (including phenoxy) is 2. The molecule has 0 radical (unpaired) electrons. The molecule has 0 bridgehead atoms. The van der Waals surface area contributed by atoms with Gasteiger partial charge in [-0.05, 0) is 35.4 Å². The smallest absolute Gasteiger partial charge is 0.231 e. The number of amides is 1. The van der Waals surface area contributed by atoms with E-state index in [0.29, 0.717) is 11.7 Å². The number of nitrogens with one attached hydrogen (secondary N) is 2. The number of methoxy groups -OCH3 is 2. The van der Waals surface area contributed by atoms with Crippen molar-refractivity contribution < 1.29 is 14.3 Å². The fourth-order valence-corrected chi connectivity index (χ4v) is 4.35. The molecule has 0 spiro atoms. The molecule has 0 atom stereocenters. The Morgan fingerprint density at radius 1 is 1.06 bits per heavy atom. The zero-order chi connectivity index (χ0) is 22.1. The lowest BCUT2D eigenvalue weighted by molar-refractivity contribution is -0.119. The Morgan fingerprint density at radius 3 is 2.16 bits per heavy atom. The normalized spacial score (nSPS) is 10.5. The number of hydrogen-bond donors (Lipinski definition) is 2. The van der Waals surface area contributed by atoms with Crippen LogP contribution in [0.15, 0.2) is 65.5 Å². The van der Waals surface area contributed by atoms with E-state index < -0.39 is 0 Å². The molecular weight excluding hydrogens is 432 g/mol. The molecule has 2 aromatic carbocycles. The largest absolute Gasteiger partial charge is 0.497 e. The van der Waals surface area contributed by atoms with Gasteiger partial charge >= 0.3 is 0 Å². The van der Waals surface area contributed by atoms with E-state index >= 15 is 0 Å². The van der Waals surface area contributed by atoms with Crippen LogP contribution in [-0.4, -0.2) is 42.6 Å². The van der Waals surface area contributed by atoms with Gasteiger partial charge in [0, 0.05) is 6.54 Å². The fraction of sp³-hybridized carbons (Fsp3) is 0.227. The summed E-state index contributed by atoms with van der Waals surface area (Å²) in [5.74, 6) is 1.66. The van der Waals surface area contributed by atoms with Crippen molar-refractivity contribution in [2.45, 2.75) is 10.4 Å². The van der Waals surface area contributed by atoms with Gasteiger partial charge in [-0.2, -0.15) is 0 Å². The van der Waals surface area contributed by atoms with Gasteiger partial charge in [0.15, 0.2) is 4.34 Å². The van der Waals surface area contributed by atoms with Crippen LogP contribution in [0.3, 0.4) is 0 Å². The maximum absolute atomic E-state index is 12.7. The van der Waals surface area contributed by atoms with Gasteiger partial charge in [-0.15, -0.1) is 16.8 Å². The van der Waals surface area contributed by atoms with Gasteiger partial charge in [0.25, 0.3) is 0 Å². The van der Waals surface area contributed by atoms with Crippen molar-refractivity contribution in [3.05, 3.63) is 72.3 Å². The number of rotatable bonds is 11. The number of aromatic nitrogens is 2. The Morgan fingerprint density at radius 2 is 1.65 bits per heavy atom. The summed E-state index contributed by atoms with van der Waals surface area (Å²) >= 11 is 2.76. The summed E-state index contributed by atoms with van der Waals surface area (Å²) < 4.78 is 11.2. The van der Waals surface area contributed by atoms with Crippen LogP contribution in [-0.2, 0) is 4.79 Å². The maximum Gasteiger partial charge on any atom is 0.231 e. The average Bonchev–Trinajstić information content (AvgIpc) is 3.28. The van der Waals surface area contributed by atoms with Crippen molar-refractivity contribution >= 4 is 34.1 Å². The van der Waals surface area contributed by atoms with E-state index in [0.717, 1.165) is 27.0 Å². The molecule has 0 saturated heterocycles. The van der Waals surface area contributed by atoms with E-state index in [1.165, 1.54) is 23.1 Å². The second kappa shape index (κ2) is 11.4. The Balaban J connectivity index is 1.70. The number of hydrogen-bond acceptors (Lipinski definition) is 8. The van der Waals surface area contributed by atoms with Crippen LogP contribution in [0.5, 0.6) is 11.5 Å². The summed E-state index contributed by atoms with van der Waals surface area (Å²) in [6.07, 6.45) is 1.75. The monoisotopic (exact) mass is 456 g/mol. The summed E-state index contributed by atoms with van der Waals surface area (Å²) in [7, 11) is 3.25. The minimum Gasteiger partial charge on any atom is -0.497 e. The first-order valence-electron chi connectivity index (χ1n) is 9.51. The van der Waals surface area contributed by atoms with E-state index in [1.54, 1.807) is 20.3 Å². The number of carbonyl (C=O) groups excluding carboxylic acids is 1. The second-order valence-corrected chi connectivity index (χ2v) is 8.58. The molecule has 3 aromatic rings. The summed E-state index contributed by atoms with van der Waals surface area (Å²) in [6.45, 7) is 4.28. The number of nitrogens with zero attached hydrogens (tertiary/aromatic N) is 2. The van der Waals surface area contributed by atoms with Crippen LogP contribution < -0.4 is 20.1 Å². The van der Waals surface area contributed by atoms with Gasteiger partial charge in [-0.3, -0.25) is 4.79 Å². The predicted octanol–water partition coefficient (Wildman–Crippen LogP) is 4.15. The van der Waals surface area contributed by atoms with Crippen LogP contribution in [0.2, 0.25) is 0 Å². The molecular formula is C22H24N4O3S2. The maximum atomic E-state index is 12.7. The van der Waals surface area contributed by atoms with Gasteiger partial charge in [-0.25, -0.2) is 0 Å². The Hall–Kier alpha value is -3.04. The first kappa shape index (κ1) is 22.6. The first-order valence-corrected chi connectivity index (χ1v) is 11.3. The first-order chi connectivity index (χ1) is 15.1. The SMILES string of the molecule is C=CCNc1nnc(SCC(=O)NC(c2ccc(OC)cc2)c2ccc(OC)cc2)s1. The second-order valence-electron chi connectivity index (χ2n) is 6.38. The molecule has 0 aliphatic carbocycles. The van der Waals surface area contributed by atoms with Crippen molar-refractivity contribution in [3.63, 3.8) is 0 Å². The Bertz CT molecular complexity index is 943. The lowest BCUT2D eigenvalue weighted by Crippen LogP contribution is -2.30. The highest BCUT2D eigenvalue weighted by molar-refractivity contribution is 8.01. The average molecular weight is 457 g/mol. The third-order valence-electron chi connectivity index (χ3n) is 4.33. The summed E-state index contributed by atoms with van der Waals surface area (Å²) in [4.78, 5) is 12.7. The summed E-state index contributed by atoms with van der Waals surface area (Å²) in [5.41, 5.74) is 1.91. The molecule has 9 heteroatoms. The van der Waals surface area contributed by atoms with Gasteiger partial charge in [-0.1, -0.05) is 53.4 Å². The van der Waals surface area contributed by atoms with Crippen molar-refractivity contribution in [2.75, 3.05) is 31.8 Å². The standard InChI is InChI=1S/C22H24N4O3S2/c1-4-13-23-21-25-26-22(31-21)30-14-19(27)24-20(15-5-9-17(28-2)10-6-15)16-7-11-18(29-3)12-8-16/h4-12,20H,1,13-14H2,2-3H3,(H,23,25)(H,24,27). The molecule has 0 aliphatic rings. The Kier molecular flexibility index (Phi) is 8.31. The van der Waals surface area contributed by atoms with Crippen molar-refractivity contribution in [1.29, 1.82) is 0 Å². The van der Waals surface area contributed by atoms with Gasteiger partial charge in [0.1, 0.15) is 11.5 Å². The fourth-order valence-electron chi connectivity index (χ4n) is 2.78.